The largest absolute Gasteiger partial charge is 0.465 e. The molecule has 0 aromatic carbocycles. The van der Waals surface area contributed by atoms with Crippen molar-refractivity contribution in [2.45, 2.75) is 24.8 Å². The molecule has 0 aliphatic carbocycles. The Morgan fingerprint density at radius 2 is 2.17 bits per heavy atom. The molecule has 0 aliphatic heterocycles. The van der Waals surface area contributed by atoms with Crippen molar-refractivity contribution in [2.24, 2.45) is 0 Å². The molecule has 0 fully saturated rings. The number of hydrogen-bond donors (Lipinski definition) is 2. The van der Waals surface area contributed by atoms with Gasteiger partial charge in [0.2, 0.25) is 5.03 Å². The summed E-state index contributed by atoms with van der Waals surface area (Å²) in [5.74, 6) is -0.735. The maximum atomic E-state index is 12.4. The number of ether oxygens (including phenoxy) is 1. The number of aromatic amines is 1. The Labute approximate surface area is 134 Å². The second-order valence-electron chi connectivity index (χ2n) is 4.70. The molecular weight excluding hydrogens is 320 g/mol. The lowest BCUT2D eigenvalue weighted by Gasteiger charge is -2.06. The molecule has 2 heterocycles. The predicted molar refractivity (Wildman–Crippen MR) is 82.4 cm³/mol. The lowest BCUT2D eigenvalue weighted by Crippen LogP contribution is -2.28. The van der Waals surface area contributed by atoms with Crippen molar-refractivity contribution in [3.05, 3.63) is 41.3 Å². The normalized spacial score (nSPS) is 11.4. The summed E-state index contributed by atoms with van der Waals surface area (Å²) in [5, 5.41) is 5.99. The summed E-state index contributed by atoms with van der Waals surface area (Å²) in [7, 11) is -2.73. The standard InChI is InChI=1S/C14H18N4O4S/c1-3-11-12(14(19)22-2)13(18-17-11)23(20,21)16-9-7-10-6-4-5-8-15-10/h4-6,8,16H,3,7,9H2,1-2H3,(H,17,18). The first kappa shape index (κ1) is 17.1. The van der Waals surface area contributed by atoms with Crippen LogP contribution in [0.1, 0.15) is 28.7 Å². The maximum absolute atomic E-state index is 12.4. The van der Waals surface area contributed by atoms with Crippen LogP contribution in [-0.2, 0) is 27.6 Å². The number of aromatic nitrogens is 3. The van der Waals surface area contributed by atoms with Gasteiger partial charge in [-0.05, 0) is 18.6 Å². The summed E-state index contributed by atoms with van der Waals surface area (Å²) in [6.45, 7) is 1.93. The number of carbonyl (C=O) groups is 1. The van der Waals surface area contributed by atoms with Gasteiger partial charge < -0.3 is 4.74 Å². The van der Waals surface area contributed by atoms with Crippen LogP contribution in [-0.4, -0.2) is 43.2 Å². The Balaban J connectivity index is 2.16. The highest BCUT2D eigenvalue weighted by molar-refractivity contribution is 7.89. The zero-order chi connectivity index (χ0) is 16.9. The number of esters is 1. The highest BCUT2D eigenvalue weighted by Gasteiger charge is 2.29. The molecule has 0 spiro atoms. The van der Waals surface area contributed by atoms with Crippen molar-refractivity contribution < 1.29 is 17.9 Å². The van der Waals surface area contributed by atoms with E-state index in [0.29, 0.717) is 18.5 Å². The molecule has 2 aromatic heterocycles. The molecular formula is C14H18N4O4S. The molecule has 0 aliphatic rings. The van der Waals surface area contributed by atoms with E-state index in [4.69, 9.17) is 0 Å². The second-order valence-corrected chi connectivity index (χ2v) is 6.38. The van der Waals surface area contributed by atoms with Crippen molar-refractivity contribution >= 4 is 16.0 Å². The van der Waals surface area contributed by atoms with E-state index in [9.17, 15) is 13.2 Å². The van der Waals surface area contributed by atoms with Gasteiger partial charge in [-0.2, -0.15) is 5.10 Å². The number of hydrogen-bond acceptors (Lipinski definition) is 6. The topological polar surface area (TPSA) is 114 Å². The third kappa shape index (κ3) is 3.93. The van der Waals surface area contributed by atoms with E-state index < -0.39 is 16.0 Å². The minimum atomic E-state index is -3.93. The third-order valence-electron chi connectivity index (χ3n) is 3.21. The highest BCUT2D eigenvalue weighted by Crippen LogP contribution is 2.18. The van der Waals surface area contributed by atoms with E-state index in [-0.39, 0.29) is 17.1 Å². The van der Waals surface area contributed by atoms with E-state index in [1.807, 2.05) is 6.07 Å². The first-order valence-corrected chi connectivity index (χ1v) is 8.53. The first-order chi connectivity index (χ1) is 11.0. The van der Waals surface area contributed by atoms with Gasteiger partial charge in [-0.25, -0.2) is 17.9 Å². The molecule has 0 atom stereocenters. The van der Waals surface area contributed by atoms with Crippen molar-refractivity contribution in [3.63, 3.8) is 0 Å². The van der Waals surface area contributed by atoms with Crippen molar-refractivity contribution in [1.82, 2.24) is 19.9 Å². The van der Waals surface area contributed by atoms with Gasteiger partial charge in [0.15, 0.2) is 0 Å². The Kier molecular flexibility index (Phi) is 5.45. The molecule has 2 N–H and O–H groups in total. The number of sulfonamides is 1. The quantitative estimate of drug-likeness (QED) is 0.717. The van der Waals surface area contributed by atoms with E-state index in [1.54, 1.807) is 25.3 Å². The Morgan fingerprint density at radius 3 is 2.78 bits per heavy atom. The van der Waals surface area contributed by atoms with Crippen molar-refractivity contribution in [3.8, 4) is 0 Å². The number of H-pyrrole nitrogens is 1. The number of carbonyl (C=O) groups excluding carboxylic acids is 1. The molecule has 23 heavy (non-hydrogen) atoms. The molecule has 0 amide bonds. The van der Waals surface area contributed by atoms with Crippen molar-refractivity contribution in [1.29, 1.82) is 0 Å². The van der Waals surface area contributed by atoms with E-state index in [0.717, 1.165) is 5.69 Å². The number of rotatable bonds is 7. The summed E-state index contributed by atoms with van der Waals surface area (Å²) in [6.07, 6.45) is 2.50. The molecule has 0 saturated carbocycles. The van der Waals surface area contributed by atoms with Gasteiger partial charge in [0.05, 0.1) is 12.8 Å². The SMILES string of the molecule is CCc1[nH]nc(S(=O)(=O)NCCc2ccccn2)c1C(=O)OC. The van der Waals surface area contributed by atoms with Crippen LogP contribution in [0.4, 0.5) is 0 Å². The minimum Gasteiger partial charge on any atom is -0.465 e. The summed E-state index contributed by atoms with van der Waals surface area (Å²) in [4.78, 5) is 15.9. The third-order valence-corrected chi connectivity index (χ3v) is 4.59. The lowest BCUT2D eigenvalue weighted by atomic mass is 10.2. The minimum absolute atomic E-state index is 0.0552. The number of nitrogens with zero attached hydrogens (tertiary/aromatic N) is 2. The Hall–Kier alpha value is -2.26. The molecule has 2 rings (SSSR count). The van der Waals surface area contributed by atoms with Gasteiger partial charge in [-0.3, -0.25) is 10.1 Å². The molecule has 0 radical (unpaired) electrons. The summed E-state index contributed by atoms with van der Waals surface area (Å²) in [5.41, 5.74) is 1.13. The predicted octanol–water partition coefficient (Wildman–Crippen LogP) is 0.675. The fourth-order valence-electron chi connectivity index (χ4n) is 2.05. The van der Waals surface area contributed by atoms with Gasteiger partial charge in [-0.1, -0.05) is 13.0 Å². The average Bonchev–Trinajstić information content (AvgIpc) is 3.00. The fraction of sp³-hybridized carbons (Fsp3) is 0.357. The molecule has 124 valence electrons. The second kappa shape index (κ2) is 7.34. The van der Waals surface area contributed by atoms with Crippen LogP contribution >= 0.6 is 0 Å². The molecule has 0 unspecified atom stereocenters. The summed E-state index contributed by atoms with van der Waals surface area (Å²) in [6, 6.07) is 5.41. The van der Waals surface area contributed by atoms with Crippen LogP contribution in [0.5, 0.6) is 0 Å². The molecule has 8 nitrogen and oxygen atoms in total. The first-order valence-electron chi connectivity index (χ1n) is 7.04. The number of pyridine rings is 1. The van der Waals surface area contributed by atoms with Crippen LogP contribution in [0.15, 0.2) is 29.4 Å². The summed E-state index contributed by atoms with van der Waals surface area (Å²) >= 11 is 0. The lowest BCUT2D eigenvalue weighted by molar-refractivity contribution is 0.0595. The van der Waals surface area contributed by atoms with Gasteiger partial charge in [0.25, 0.3) is 10.0 Å². The van der Waals surface area contributed by atoms with Crippen LogP contribution in [0.2, 0.25) is 0 Å². The number of nitrogens with one attached hydrogen (secondary N) is 2. The molecule has 2 aromatic rings. The van der Waals surface area contributed by atoms with Crippen LogP contribution in [0.25, 0.3) is 0 Å². The van der Waals surface area contributed by atoms with Crippen LogP contribution in [0.3, 0.4) is 0 Å². The molecule has 0 bridgehead atoms. The monoisotopic (exact) mass is 338 g/mol. The van der Waals surface area contributed by atoms with Gasteiger partial charge in [0.1, 0.15) is 5.56 Å². The average molecular weight is 338 g/mol. The van der Waals surface area contributed by atoms with Gasteiger partial charge >= 0.3 is 5.97 Å². The van der Waals surface area contributed by atoms with E-state index in [2.05, 4.69) is 24.6 Å². The van der Waals surface area contributed by atoms with Crippen molar-refractivity contribution in [2.75, 3.05) is 13.7 Å². The molecule has 9 heteroatoms. The Bertz CT molecular complexity index is 771. The smallest absolute Gasteiger partial charge is 0.342 e. The number of methoxy groups -OCH3 is 1. The van der Waals surface area contributed by atoms with E-state index >= 15 is 0 Å². The summed E-state index contributed by atoms with van der Waals surface area (Å²) < 4.78 is 31.8. The van der Waals surface area contributed by atoms with Crippen LogP contribution in [0, 0.1) is 0 Å². The zero-order valence-electron chi connectivity index (χ0n) is 12.9. The van der Waals surface area contributed by atoms with Crippen LogP contribution < -0.4 is 4.72 Å². The van der Waals surface area contributed by atoms with Gasteiger partial charge in [-0.15, -0.1) is 0 Å². The highest BCUT2D eigenvalue weighted by atomic mass is 32.2. The van der Waals surface area contributed by atoms with Gasteiger partial charge in [0, 0.05) is 24.9 Å². The Morgan fingerprint density at radius 1 is 1.39 bits per heavy atom. The fourth-order valence-corrected chi connectivity index (χ4v) is 3.20. The number of aryl methyl sites for hydroxylation is 1. The molecule has 0 saturated heterocycles. The van der Waals surface area contributed by atoms with E-state index in [1.165, 1.54) is 7.11 Å². The maximum Gasteiger partial charge on any atom is 0.342 e. The zero-order valence-corrected chi connectivity index (χ0v) is 13.7.